The highest BCUT2D eigenvalue weighted by Gasteiger charge is 2.18. The lowest BCUT2D eigenvalue weighted by molar-refractivity contribution is -0.137. The van der Waals surface area contributed by atoms with Crippen molar-refractivity contribution in [3.63, 3.8) is 0 Å². The normalized spacial score (nSPS) is 10.7. The Morgan fingerprint density at radius 1 is 1.37 bits per heavy atom. The topological polar surface area (TPSA) is 68.0 Å². The second-order valence-corrected chi connectivity index (χ2v) is 3.97. The Bertz CT molecular complexity index is 605. The van der Waals surface area contributed by atoms with Crippen molar-refractivity contribution in [2.45, 2.75) is 12.8 Å². The number of carboxylic acids is 1. The fourth-order valence-electron chi connectivity index (χ4n) is 1.69. The zero-order valence-corrected chi connectivity index (χ0v) is 10.1. The molecule has 7 heteroatoms. The second-order valence-electron chi connectivity index (χ2n) is 3.97. The number of aromatic nitrogens is 3. The van der Waals surface area contributed by atoms with Crippen molar-refractivity contribution in [1.82, 2.24) is 14.8 Å². The molecule has 0 unspecified atom stereocenters. The molecule has 0 aliphatic carbocycles. The predicted molar refractivity (Wildman–Crippen MR) is 62.3 cm³/mol. The number of benzene rings is 1. The van der Waals surface area contributed by atoms with Gasteiger partial charge in [0.05, 0.1) is 12.0 Å². The predicted octanol–water partition coefficient (Wildman–Crippen LogP) is 1.78. The number of carbonyl (C=O) groups is 1. The van der Waals surface area contributed by atoms with Crippen LogP contribution in [-0.2, 0) is 18.3 Å². The number of aliphatic carboxylic acids is 1. The minimum atomic E-state index is -0.980. The number of hydrogen-bond acceptors (Lipinski definition) is 3. The SMILES string of the molecule is Cn1nc(CCC(=O)O)nc1-c1c(F)cccc1F. The Balaban J connectivity index is 2.38. The molecule has 1 heterocycles. The summed E-state index contributed by atoms with van der Waals surface area (Å²) in [7, 11) is 1.50. The molecule has 0 aliphatic rings. The van der Waals surface area contributed by atoms with E-state index in [9.17, 15) is 13.6 Å². The van der Waals surface area contributed by atoms with Crippen LogP contribution < -0.4 is 0 Å². The van der Waals surface area contributed by atoms with E-state index in [4.69, 9.17) is 5.11 Å². The van der Waals surface area contributed by atoms with E-state index in [2.05, 4.69) is 10.1 Å². The molecule has 5 nitrogen and oxygen atoms in total. The van der Waals surface area contributed by atoms with Crippen LogP contribution >= 0.6 is 0 Å². The van der Waals surface area contributed by atoms with Gasteiger partial charge in [-0.05, 0) is 12.1 Å². The third-order valence-corrected chi connectivity index (χ3v) is 2.56. The van der Waals surface area contributed by atoms with Gasteiger partial charge in [0, 0.05) is 13.5 Å². The molecule has 0 saturated carbocycles. The first-order valence-corrected chi connectivity index (χ1v) is 5.55. The molecular formula is C12H11F2N3O2. The molecule has 1 aromatic carbocycles. The van der Waals surface area contributed by atoms with Gasteiger partial charge in [0.1, 0.15) is 11.6 Å². The molecule has 100 valence electrons. The van der Waals surface area contributed by atoms with E-state index in [0.29, 0.717) is 0 Å². The van der Waals surface area contributed by atoms with Gasteiger partial charge in [0.25, 0.3) is 0 Å². The Labute approximate surface area is 107 Å². The van der Waals surface area contributed by atoms with Gasteiger partial charge >= 0.3 is 5.97 Å². The van der Waals surface area contributed by atoms with E-state index >= 15 is 0 Å². The van der Waals surface area contributed by atoms with Crippen LogP contribution in [0.15, 0.2) is 18.2 Å². The van der Waals surface area contributed by atoms with Crippen LogP contribution in [0.3, 0.4) is 0 Å². The highest BCUT2D eigenvalue weighted by Crippen LogP contribution is 2.24. The van der Waals surface area contributed by atoms with Crippen molar-refractivity contribution in [1.29, 1.82) is 0 Å². The van der Waals surface area contributed by atoms with E-state index in [1.807, 2.05) is 0 Å². The maximum Gasteiger partial charge on any atom is 0.303 e. The number of halogens is 2. The van der Waals surface area contributed by atoms with Gasteiger partial charge in [-0.15, -0.1) is 0 Å². The zero-order valence-electron chi connectivity index (χ0n) is 10.1. The summed E-state index contributed by atoms with van der Waals surface area (Å²) in [6.45, 7) is 0. The molecule has 0 radical (unpaired) electrons. The van der Waals surface area contributed by atoms with Gasteiger partial charge < -0.3 is 5.11 Å². The fourth-order valence-corrected chi connectivity index (χ4v) is 1.69. The number of aryl methyl sites for hydroxylation is 2. The van der Waals surface area contributed by atoms with Gasteiger partial charge in [-0.3, -0.25) is 4.79 Å². The van der Waals surface area contributed by atoms with Crippen LogP contribution in [0.5, 0.6) is 0 Å². The summed E-state index contributed by atoms with van der Waals surface area (Å²) >= 11 is 0. The number of carboxylic acid groups (broad SMARTS) is 1. The first-order valence-electron chi connectivity index (χ1n) is 5.55. The van der Waals surface area contributed by atoms with E-state index in [0.717, 1.165) is 12.1 Å². The van der Waals surface area contributed by atoms with Gasteiger partial charge in [-0.1, -0.05) is 6.07 Å². The Morgan fingerprint density at radius 3 is 2.58 bits per heavy atom. The summed E-state index contributed by atoms with van der Waals surface area (Å²) in [5.74, 6) is -2.18. The average Bonchev–Trinajstić information content (AvgIpc) is 2.68. The van der Waals surface area contributed by atoms with E-state index in [1.165, 1.54) is 17.8 Å². The van der Waals surface area contributed by atoms with Gasteiger partial charge in [-0.2, -0.15) is 5.10 Å². The number of rotatable bonds is 4. The minimum Gasteiger partial charge on any atom is -0.481 e. The van der Waals surface area contributed by atoms with Crippen LogP contribution in [0.25, 0.3) is 11.4 Å². The molecule has 0 aliphatic heterocycles. The average molecular weight is 267 g/mol. The monoisotopic (exact) mass is 267 g/mol. The molecule has 2 aromatic rings. The van der Waals surface area contributed by atoms with Crippen LogP contribution in [0.1, 0.15) is 12.2 Å². The highest BCUT2D eigenvalue weighted by atomic mass is 19.1. The number of nitrogens with zero attached hydrogens (tertiary/aromatic N) is 3. The summed E-state index contributed by atoms with van der Waals surface area (Å²) in [4.78, 5) is 14.4. The van der Waals surface area contributed by atoms with Crippen molar-refractivity contribution < 1.29 is 18.7 Å². The van der Waals surface area contributed by atoms with E-state index in [-0.39, 0.29) is 30.1 Å². The van der Waals surface area contributed by atoms with E-state index in [1.54, 1.807) is 0 Å². The van der Waals surface area contributed by atoms with Crippen molar-refractivity contribution in [3.05, 3.63) is 35.7 Å². The quantitative estimate of drug-likeness (QED) is 0.916. The van der Waals surface area contributed by atoms with Crippen LogP contribution in [-0.4, -0.2) is 25.8 Å². The summed E-state index contributed by atoms with van der Waals surface area (Å²) < 4.78 is 28.5. The molecular weight excluding hydrogens is 256 g/mol. The van der Waals surface area contributed by atoms with Crippen molar-refractivity contribution in [3.8, 4) is 11.4 Å². The number of hydrogen-bond donors (Lipinski definition) is 1. The molecule has 0 bridgehead atoms. The zero-order chi connectivity index (χ0) is 14.0. The summed E-state index contributed by atoms with van der Waals surface area (Å²) in [5, 5.41) is 12.5. The molecule has 1 N–H and O–H groups in total. The highest BCUT2D eigenvalue weighted by molar-refractivity contribution is 5.67. The van der Waals surface area contributed by atoms with E-state index < -0.39 is 17.6 Å². The second kappa shape index (κ2) is 5.13. The lowest BCUT2D eigenvalue weighted by Gasteiger charge is -2.02. The smallest absolute Gasteiger partial charge is 0.303 e. The summed E-state index contributed by atoms with van der Waals surface area (Å²) in [5.41, 5.74) is -0.265. The first kappa shape index (κ1) is 13.1. The largest absolute Gasteiger partial charge is 0.481 e. The third kappa shape index (κ3) is 2.75. The Kier molecular flexibility index (Phi) is 3.55. The molecule has 2 rings (SSSR count). The third-order valence-electron chi connectivity index (χ3n) is 2.56. The lowest BCUT2D eigenvalue weighted by atomic mass is 10.2. The molecule has 19 heavy (non-hydrogen) atoms. The maximum absolute atomic E-state index is 13.6. The van der Waals surface area contributed by atoms with Gasteiger partial charge in [0.2, 0.25) is 0 Å². The lowest BCUT2D eigenvalue weighted by Crippen LogP contribution is -2.00. The van der Waals surface area contributed by atoms with Crippen molar-refractivity contribution >= 4 is 5.97 Å². The maximum atomic E-state index is 13.6. The Hall–Kier alpha value is -2.31. The van der Waals surface area contributed by atoms with Crippen molar-refractivity contribution in [2.75, 3.05) is 0 Å². The van der Waals surface area contributed by atoms with Crippen molar-refractivity contribution in [2.24, 2.45) is 7.05 Å². The molecule has 0 saturated heterocycles. The first-order chi connectivity index (χ1) is 8.99. The standard InChI is InChI=1S/C12H11F2N3O2/c1-17-12(11-7(13)3-2-4-8(11)14)15-9(16-17)5-6-10(18)19/h2-4H,5-6H2,1H3,(H,18,19). The van der Waals surface area contributed by atoms with Gasteiger partial charge in [-0.25, -0.2) is 18.4 Å². The minimum absolute atomic E-state index is 0.0380. The fraction of sp³-hybridized carbons (Fsp3) is 0.250. The van der Waals surface area contributed by atoms with Crippen LogP contribution in [0, 0.1) is 11.6 Å². The summed E-state index contributed by atoms with van der Waals surface area (Å²) in [6, 6.07) is 3.52. The molecule has 0 amide bonds. The molecule has 0 fully saturated rings. The molecule has 1 aromatic heterocycles. The molecule has 0 atom stereocenters. The summed E-state index contributed by atoms with van der Waals surface area (Å²) in [6.07, 6.45) is -0.0253. The van der Waals surface area contributed by atoms with Gasteiger partial charge in [0.15, 0.2) is 11.6 Å². The van der Waals surface area contributed by atoms with Crippen LogP contribution in [0.4, 0.5) is 8.78 Å². The molecule has 0 spiro atoms. The Morgan fingerprint density at radius 2 is 2.00 bits per heavy atom. The van der Waals surface area contributed by atoms with Crippen LogP contribution in [0.2, 0.25) is 0 Å².